The standard InChI is InChI=1S/C23H22ClNO2S/c24-20-13-11-19(12-14-20)23(18-9-5-2-6-10-18)28-16-22(27)25-15-21(26)17-7-3-1-4-8-17/h1-14,21,23,26H,15-16H2,(H,25,27). The van der Waals surface area contributed by atoms with Gasteiger partial charge in [0, 0.05) is 11.6 Å². The smallest absolute Gasteiger partial charge is 0.230 e. The van der Waals surface area contributed by atoms with E-state index in [0.717, 1.165) is 16.7 Å². The molecule has 2 N–H and O–H groups in total. The third-order valence-corrected chi connectivity index (χ3v) is 5.89. The monoisotopic (exact) mass is 411 g/mol. The molecular formula is C23H22ClNO2S. The highest BCUT2D eigenvalue weighted by molar-refractivity contribution is 8.00. The second-order valence-electron chi connectivity index (χ2n) is 6.38. The molecule has 0 fully saturated rings. The first kappa shape index (κ1) is 20.5. The maximum Gasteiger partial charge on any atom is 0.230 e. The predicted molar refractivity (Wildman–Crippen MR) is 117 cm³/mol. The minimum Gasteiger partial charge on any atom is -0.387 e. The molecule has 3 nitrogen and oxygen atoms in total. The Labute approximate surface area is 174 Å². The van der Waals surface area contributed by atoms with Crippen LogP contribution in [0.4, 0.5) is 0 Å². The van der Waals surface area contributed by atoms with E-state index >= 15 is 0 Å². The van der Waals surface area contributed by atoms with Crippen LogP contribution in [0.5, 0.6) is 0 Å². The Bertz CT molecular complexity index is 872. The van der Waals surface area contributed by atoms with Gasteiger partial charge in [-0.3, -0.25) is 4.79 Å². The molecule has 3 aromatic rings. The molecule has 28 heavy (non-hydrogen) atoms. The number of thioether (sulfide) groups is 1. The molecule has 2 unspecified atom stereocenters. The molecule has 3 aromatic carbocycles. The summed E-state index contributed by atoms with van der Waals surface area (Å²) in [5, 5.41) is 13.7. The maximum absolute atomic E-state index is 12.3. The topological polar surface area (TPSA) is 49.3 Å². The number of hydrogen-bond acceptors (Lipinski definition) is 3. The molecule has 0 radical (unpaired) electrons. The van der Waals surface area contributed by atoms with E-state index in [1.165, 1.54) is 0 Å². The van der Waals surface area contributed by atoms with Gasteiger partial charge < -0.3 is 10.4 Å². The number of hydrogen-bond donors (Lipinski definition) is 2. The second-order valence-corrected chi connectivity index (χ2v) is 7.91. The van der Waals surface area contributed by atoms with Gasteiger partial charge in [-0.15, -0.1) is 11.8 Å². The van der Waals surface area contributed by atoms with Gasteiger partial charge in [0.05, 0.1) is 17.1 Å². The van der Waals surface area contributed by atoms with Gasteiger partial charge in [-0.05, 0) is 28.8 Å². The van der Waals surface area contributed by atoms with Gasteiger partial charge >= 0.3 is 0 Å². The van der Waals surface area contributed by atoms with Crippen LogP contribution >= 0.6 is 23.4 Å². The molecule has 0 bridgehead atoms. The van der Waals surface area contributed by atoms with Crippen LogP contribution in [0.25, 0.3) is 0 Å². The fraction of sp³-hybridized carbons (Fsp3) is 0.174. The van der Waals surface area contributed by atoms with Crippen LogP contribution in [-0.4, -0.2) is 23.3 Å². The van der Waals surface area contributed by atoms with Crippen LogP contribution in [0.2, 0.25) is 5.02 Å². The molecule has 0 spiro atoms. The Morgan fingerprint density at radius 1 is 0.857 bits per heavy atom. The molecule has 0 saturated carbocycles. The Morgan fingerprint density at radius 2 is 1.39 bits per heavy atom. The fourth-order valence-electron chi connectivity index (χ4n) is 2.86. The van der Waals surface area contributed by atoms with Crippen LogP contribution in [0.1, 0.15) is 28.0 Å². The summed E-state index contributed by atoms with van der Waals surface area (Å²) < 4.78 is 0. The highest BCUT2D eigenvalue weighted by Crippen LogP contribution is 2.35. The summed E-state index contributed by atoms with van der Waals surface area (Å²) in [5.41, 5.74) is 3.02. The van der Waals surface area contributed by atoms with Crippen molar-refractivity contribution in [2.24, 2.45) is 0 Å². The average Bonchev–Trinajstić information content (AvgIpc) is 2.75. The van der Waals surface area contributed by atoms with Gasteiger partial charge in [0.1, 0.15) is 0 Å². The second kappa shape index (κ2) is 10.3. The van der Waals surface area contributed by atoms with Crippen molar-refractivity contribution in [3.8, 4) is 0 Å². The number of benzene rings is 3. The van der Waals surface area contributed by atoms with Crippen molar-refractivity contribution in [2.75, 3.05) is 12.3 Å². The van der Waals surface area contributed by atoms with Crippen molar-refractivity contribution in [3.63, 3.8) is 0 Å². The van der Waals surface area contributed by atoms with Gasteiger partial charge in [0.2, 0.25) is 5.91 Å². The molecule has 0 aliphatic carbocycles. The van der Waals surface area contributed by atoms with Crippen molar-refractivity contribution in [3.05, 3.63) is 107 Å². The Kier molecular flexibility index (Phi) is 7.54. The summed E-state index contributed by atoms with van der Waals surface area (Å²) in [5.74, 6) is 0.193. The van der Waals surface area contributed by atoms with E-state index in [9.17, 15) is 9.90 Å². The number of carbonyl (C=O) groups excluding carboxylic acids is 1. The normalized spacial score (nSPS) is 12.9. The molecule has 144 valence electrons. The van der Waals surface area contributed by atoms with Gasteiger partial charge in [0.25, 0.3) is 0 Å². The minimum atomic E-state index is -0.712. The number of amides is 1. The molecule has 3 rings (SSSR count). The van der Waals surface area contributed by atoms with E-state index in [2.05, 4.69) is 17.4 Å². The lowest BCUT2D eigenvalue weighted by atomic mass is 10.0. The summed E-state index contributed by atoms with van der Waals surface area (Å²) in [6, 6.07) is 27.1. The zero-order chi connectivity index (χ0) is 19.8. The third-order valence-electron chi connectivity index (χ3n) is 4.33. The van der Waals surface area contributed by atoms with Gasteiger partial charge in [0.15, 0.2) is 0 Å². The lowest BCUT2D eigenvalue weighted by Gasteiger charge is -2.18. The Morgan fingerprint density at radius 3 is 2.00 bits per heavy atom. The summed E-state index contributed by atoms with van der Waals surface area (Å²) in [6.45, 7) is 0.195. The first-order valence-electron chi connectivity index (χ1n) is 9.05. The number of nitrogens with one attached hydrogen (secondary N) is 1. The molecule has 0 aliphatic heterocycles. The van der Waals surface area contributed by atoms with Crippen molar-refractivity contribution in [2.45, 2.75) is 11.4 Å². The van der Waals surface area contributed by atoms with Crippen LogP contribution in [0.15, 0.2) is 84.9 Å². The maximum atomic E-state index is 12.3. The predicted octanol–water partition coefficient (Wildman–Crippen LogP) is 5.01. The molecule has 0 saturated heterocycles. The first-order chi connectivity index (χ1) is 13.6. The number of rotatable bonds is 8. The zero-order valence-corrected chi connectivity index (χ0v) is 16.9. The van der Waals surface area contributed by atoms with Crippen LogP contribution in [-0.2, 0) is 4.79 Å². The molecular weight excluding hydrogens is 390 g/mol. The highest BCUT2D eigenvalue weighted by Gasteiger charge is 2.17. The zero-order valence-electron chi connectivity index (χ0n) is 15.3. The Balaban J connectivity index is 1.60. The minimum absolute atomic E-state index is 0.0308. The van der Waals surface area contributed by atoms with Gasteiger partial charge in [-0.25, -0.2) is 0 Å². The lowest BCUT2D eigenvalue weighted by Crippen LogP contribution is -2.30. The van der Waals surface area contributed by atoms with E-state index in [4.69, 9.17) is 11.6 Å². The lowest BCUT2D eigenvalue weighted by molar-refractivity contribution is -0.119. The van der Waals surface area contributed by atoms with Crippen molar-refractivity contribution < 1.29 is 9.90 Å². The summed E-state index contributed by atoms with van der Waals surface area (Å²) in [4.78, 5) is 12.3. The van der Waals surface area contributed by atoms with E-state index in [0.29, 0.717) is 10.8 Å². The van der Waals surface area contributed by atoms with E-state index in [1.807, 2.05) is 72.8 Å². The molecule has 2 atom stereocenters. The summed E-state index contributed by atoms with van der Waals surface area (Å²) in [6.07, 6.45) is -0.712. The number of aliphatic hydroxyl groups is 1. The SMILES string of the molecule is O=C(CSC(c1ccccc1)c1ccc(Cl)cc1)NCC(O)c1ccccc1. The van der Waals surface area contributed by atoms with E-state index in [1.54, 1.807) is 11.8 Å². The van der Waals surface area contributed by atoms with Crippen molar-refractivity contribution in [1.29, 1.82) is 0 Å². The number of aliphatic hydroxyl groups excluding tert-OH is 1. The Hall–Kier alpha value is -2.27. The fourth-order valence-corrected chi connectivity index (χ4v) is 4.11. The highest BCUT2D eigenvalue weighted by atomic mass is 35.5. The van der Waals surface area contributed by atoms with Gasteiger partial charge in [-0.2, -0.15) is 0 Å². The van der Waals surface area contributed by atoms with Crippen LogP contribution < -0.4 is 5.32 Å². The summed E-state index contributed by atoms with van der Waals surface area (Å²) >= 11 is 7.57. The molecule has 5 heteroatoms. The number of carbonyl (C=O) groups is 1. The largest absolute Gasteiger partial charge is 0.387 e. The molecule has 0 aromatic heterocycles. The van der Waals surface area contributed by atoms with E-state index < -0.39 is 6.10 Å². The van der Waals surface area contributed by atoms with Crippen molar-refractivity contribution in [1.82, 2.24) is 5.32 Å². The van der Waals surface area contributed by atoms with Crippen LogP contribution in [0.3, 0.4) is 0 Å². The summed E-state index contributed by atoms with van der Waals surface area (Å²) in [7, 11) is 0. The van der Waals surface area contributed by atoms with Crippen LogP contribution in [0, 0.1) is 0 Å². The first-order valence-corrected chi connectivity index (χ1v) is 10.5. The van der Waals surface area contributed by atoms with Crippen molar-refractivity contribution >= 4 is 29.3 Å². The quantitative estimate of drug-likeness (QED) is 0.547. The third kappa shape index (κ3) is 5.86. The van der Waals surface area contributed by atoms with E-state index in [-0.39, 0.29) is 17.7 Å². The molecule has 0 aliphatic rings. The molecule has 0 heterocycles. The molecule has 1 amide bonds. The van der Waals surface area contributed by atoms with Gasteiger partial charge in [-0.1, -0.05) is 84.4 Å². The average molecular weight is 412 g/mol. The number of halogens is 1.